The fraction of sp³-hybridized carbons (Fsp3) is 0.192. The van der Waals surface area contributed by atoms with Crippen LogP contribution < -0.4 is 0 Å². The maximum atomic E-state index is 7.35. The quantitative estimate of drug-likeness (QED) is 0.184. The van der Waals surface area contributed by atoms with E-state index < -0.39 is 0 Å². The smallest absolute Gasteiger partial charge is 0.161 e. The highest BCUT2D eigenvalue weighted by atomic mass is 16.3. The number of benzene rings is 7. The van der Waals surface area contributed by atoms with E-state index in [9.17, 15) is 0 Å². The van der Waals surface area contributed by atoms with Gasteiger partial charge in [-0.1, -0.05) is 127 Å². The first-order valence-corrected chi connectivity index (χ1v) is 20.2. The minimum atomic E-state index is -0.0252. The van der Waals surface area contributed by atoms with Gasteiger partial charge in [0, 0.05) is 38.4 Å². The first-order valence-electron chi connectivity index (χ1n) is 20.2. The third-order valence-corrected chi connectivity index (χ3v) is 14.2. The van der Waals surface area contributed by atoms with Gasteiger partial charge in [-0.15, -0.1) is 0 Å². The number of rotatable bonds is 3. The average Bonchev–Trinajstić information content (AvgIpc) is 3.78. The Balaban J connectivity index is 1.13. The zero-order valence-corrected chi connectivity index (χ0v) is 30.5. The lowest BCUT2D eigenvalue weighted by molar-refractivity contribution is -0.0396. The molecule has 55 heavy (non-hydrogen) atoms. The van der Waals surface area contributed by atoms with Crippen molar-refractivity contribution in [2.24, 2.45) is 23.7 Å². The Kier molecular flexibility index (Phi) is 6.06. The Bertz CT molecular complexity index is 3040. The molecular weight excluding hydrogens is 669 g/mol. The Labute approximate surface area is 319 Å². The summed E-state index contributed by atoms with van der Waals surface area (Å²) in [6, 6.07) is 52.9. The van der Waals surface area contributed by atoms with Crippen molar-refractivity contribution in [1.82, 2.24) is 9.97 Å². The number of hydrogen-bond donors (Lipinski definition) is 0. The normalized spacial score (nSPS) is 23.3. The van der Waals surface area contributed by atoms with E-state index in [0.717, 1.165) is 62.3 Å². The predicted molar refractivity (Wildman–Crippen MR) is 224 cm³/mol. The van der Waals surface area contributed by atoms with E-state index in [1.807, 2.05) is 0 Å². The van der Waals surface area contributed by atoms with Gasteiger partial charge in [-0.2, -0.15) is 0 Å². The molecular formula is C52H38N2O. The van der Waals surface area contributed by atoms with E-state index in [1.165, 1.54) is 75.7 Å². The second kappa shape index (κ2) is 11.0. The van der Waals surface area contributed by atoms with E-state index in [-0.39, 0.29) is 5.41 Å². The summed E-state index contributed by atoms with van der Waals surface area (Å²) in [5, 5.41) is 7.31. The summed E-state index contributed by atoms with van der Waals surface area (Å²) in [6.45, 7) is 0. The van der Waals surface area contributed by atoms with Gasteiger partial charge in [0.15, 0.2) is 5.82 Å². The molecule has 9 aromatic rings. The van der Waals surface area contributed by atoms with Gasteiger partial charge in [0.05, 0.1) is 11.4 Å². The van der Waals surface area contributed by atoms with E-state index in [4.69, 9.17) is 14.4 Å². The molecule has 4 fully saturated rings. The van der Waals surface area contributed by atoms with Gasteiger partial charge in [0.25, 0.3) is 0 Å². The van der Waals surface area contributed by atoms with Gasteiger partial charge in [-0.3, -0.25) is 0 Å². The third-order valence-electron chi connectivity index (χ3n) is 14.2. The highest BCUT2D eigenvalue weighted by Crippen LogP contribution is 2.71. The standard InChI is InChI=1S/C52H38N2O/c1-2-12-33(13-3-1)43-29-44(35-22-21-32-11-4-5-14-34(32)28-35)54-51(53-43)41-18-10-20-45-47(41)48-39-16-7-6-15-38(39)46-40-17-8-9-19-42(40)52(49(46)50(48)55-45)36-24-30-23-31(26-36)27-37(52)25-30/h1-22,28-31,36-37H,23-27H2. The largest absolute Gasteiger partial charge is 0.456 e. The van der Waals surface area contributed by atoms with Gasteiger partial charge in [0.2, 0.25) is 0 Å². The zero-order chi connectivity index (χ0) is 35.8. The molecule has 0 radical (unpaired) electrons. The molecule has 4 saturated carbocycles. The summed E-state index contributed by atoms with van der Waals surface area (Å²) in [6.07, 6.45) is 6.76. The number of furan rings is 1. The Hall–Kier alpha value is -6.06. The zero-order valence-electron chi connectivity index (χ0n) is 30.5. The summed E-state index contributed by atoms with van der Waals surface area (Å²) in [5.41, 5.74) is 12.8. The topological polar surface area (TPSA) is 38.9 Å². The maximum absolute atomic E-state index is 7.35. The maximum Gasteiger partial charge on any atom is 0.161 e. The van der Waals surface area contributed by atoms with Crippen molar-refractivity contribution in [2.75, 3.05) is 0 Å². The minimum Gasteiger partial charge on any atom is -0.456 e. The lowest BCUT2D eigenvalue weighted by atomic mass is 9.43. The predicted octanol–water partition coefficient (Wildman–Crippen LogP) is 13.4. The monoisotopic (exact) mass is 706 g/mol. The molecule has 0 N–H and O–H groups in total. The van der Waals surface area contributed by atoms with Crippen LogP contribution in [-0.4, -0.2) is 9.97 Å². The molecule has 0 aliphatic heterocycles. The van der Waals surface area contributed by atoms with Gasteiger partial charge in [-0.05, 0) is 112 Å². The Morgan fingerprint density at radius 3 is 2.00 bits per heavy atom. The second-order valence-corrected chi connectivity index (χ2v) is 16.9. The van der Waals surface area contributed by atoms with Gasteiger partial charge >= 0.3 is 0 Å². The fourth-order valence-corrected chi connectivity index (χ4v) is 12.4. The molecule has 3 heteroatoms. The van der Waals surface area contributed by atoms with Crippen molar-refractivity contribution >= 4 is 43.5 Å². The van der Waals surface area contributed by atoms with Crippen LogP contribution in [0.4, 0.5) is 0 Å². The molecule has 2 aromatic heterocycles. The summed E-state index contributed by atoms with van der Waals surface area (Å²) >= 11 is 0. The van der Waals surface area contributed by atoms with Crippen molar-refractivity contribution < 1.29 is 4.42 Å². The molecule has 0 saturated heterocycles. The highest BCUT2D eigenvalue weighted by molar-refractivity contribution is 6.27. The molecule has 262 valence electrons. The van der Waals surface area contributed by atoms with Crippen LogP contribution in [-0.2, 0) is 5.41 Å². The summed E-state index contributed by atoms with van der Waals surface area (Å²) in [7, 11) is 0. The number of nitrogens with zero attached hydrogens (tertiary/aromatic N) is 2. The molecule has 1 spiro atoms. The SMILES string of the molecule is c1ccc(-c2cc(-c3ccc4ccccc4c3)nc(-c3cccc4oc5c6c(c7ccccc7c5c34)-c3ccccc3C63C4CC5CC(C4)CC3C5)n2)cc1. The summed E-state index contributed by atoms with van der Waals surface area (Å²) in [5.74, 6) is 3.73. The number of aromatic nitrogens is 2. The van der Waals surface area contributed by atoms with E-state index in [1.54, 1.807) is 5.56 Å². The van der Waals surface area contributed by atoms with Crippen LogP contribution in [0.15, 0.2) is 150 Å². The van der Waals surface area contributed by atoms with Crippen LogP contribution in [0, 0.1) is 23.7 Å². The highest BCUT2D eigenvalue weighted by Gasteiger charge is 2.62. The van der Waals surface area contributed by atoms with Crippen molar-refractivity contribution in [3.05, 3.63) is 157 Å². The van der Waals surface area contributed by atoms with Gasteiger partial charge in [-0.25, -0.2) is 9.97 Å². The molecule has 0 atom stereocenters. The molecule has 5 aliphatic rings. The second-order valence-electron chi connectivity index (χ2n) is 16.9. The van der Waals surface area contributed by atoms with E-state index in [2.05, 4.69) is 146 Å². The molecule has 5 aliphatic carbocycles. The first-order chi connectivity index (χ1) is 27.2. The summed E-state index contributed by atoms with van der Waals surface area (Å²) in [4.78, 5) is 10.8. The molecule has 0 amide bonds. The van der Waals surface area contributed by atoms with Crippen molar-refractivity contribution in [2.45, 2.75) is 37.5 Å². The number of hydrogen-bond acceptors (Lipinski definition) is 3. The molecule has 3 nitrogen and oxygen atoms in total. The van der Waals surface area contributed by atoms with Crippen molar-refractivity contribution in [1.29, 1.82) is 0 Å². The third kappa shape index (κ3) is 4.06. The van der Waals surface area contributed by atoms with Crippen LogP contribution in [0.2, 0.25) is 0 Å². The van der Waals surface area contributed by atoms with Crippen LogP contribution >= 0.6 is 0 Å². The minimum absolute atomic E-state index is 0.0252. The Morgan fingerprint density at radius 2 is 1.18 bits per heavy atom. The first kappa shape index (κ1) is 30.3. The molecule has 0 unspecified atom stereocenters. The number of fused-ring (bicyclic) bond motifs is 11. The molecule has 2 heterocycles. The lowest BCUT2D eigenvalue weighted by Gasteiger charge is -2.61. The van der Waals surface area contributed by atoms with Gasteiger partial charge < -0.3 is 4.42 Å². The van der Waals surface area contributed by atoms with E-state index in [0.29, 0.717) is 11.8 Å². The van der Waals surface area contributed by atoms with Gasteiger partial charge in [0.1, 0.15) is 11.2 Å². The molecule has 7 aromatic carbocycles. The van der Waals surface area contributed by atoms with E-state index >= 15 is 0 Å². The Morgan fingerprint density at radius 1 is 0.509 bits per heavy atom. The molecule has 4 bridgehead atoms. The van der Waals surface area contributed by atoms with Crippen LogP contribution in [0.3, 0.4) is 0 Å². The van der Waals surface area contributed by atoms with Crippen LogP contribution in [0.1, 0.15) is 43.2 Å². The van der Waals surface area contributed by atoms with Crippen molar-refractivity contribution in [3.8, 4) is 45.0 Å². The van der Waals surface area contributed by atoms with Crippen molar-refractivity contribution in [3.63, 3.8) is 0 Å². The summed E-state index contributed by atoms with van der Waals surface area (Å²) < 4.78 is 7.35. The fourth-order valence-electron chi connectivity index (χ4n) is 12.4. The average molecular weight is 707 g/mol. The lowest BCUT2D eigenvalue weighted by Crippen LogP contribution is -2.55. The molecule has 14 rings (SSSR count). The van der Waals surface area contributed by atoms with Crippen LogP contribution in [0.25, 0.3) is 88.5 Å². The van der Waals surface area contributed by atoms with Crippen LogP contribution in [0.5, 0.6) is 0 Å².